The van der Waals surface area contributed by atoms with Gasteiger partial charge in [-0.1, -0.05) is 35.0 Å². The standard InChI is InChI=1S/C21H22Cl2F3N3O4S2/c1-10-19(9-31-10)32-21(34-12-2-3-13(22)14(23)6-12)18(33-35-30)8-29(28)7-17(27)11-4-15(24)20(26)16(25)5-11/h2-7,10,18-19,21,30H,8-9,27-28H2,1H3/b17-7-/t10?,18-,19?,21?/m0/s1. The van der Waals surface area contributed by atoms with Crippen molar-refractivity contribution < 1.29 is 31.4 Å². The van der Waals surface area contributed by atoms with Gasteiger partial charge >= 0.3 is 0 Å². The number of nitrogens with zero attached hydrogens (tertiary/aromatic N) is 1. The first-order valence-corrected chi connectivity index (χ1v) is 12.4. The molecule has 5 N–H and O–H groups in total. The van der Waals surface area contributed by atoms with Crippen LogP contribution in [0.4, 0.5) is 13.2 Å². The summed E-state index contributed by atoms with van der Waals surface area (Å²) < 4.78 is 66.7. The van der Waals surface area contributed by atoms with Crippen LogP contribution in [0.2, 0.25) is 10.0 Å². The summed E-state index contributed by atoms with van der Waals surface area (Å²) in [7, 11) is 0. The van der Waals surface area contributed by atoms with Crippen LogP contribution in [0, 0.1) is 17.5 Å². The van der Waals surface area contributed by atoms with Gasteiger partial charge in [-0.15, -0.1) is 0 Å². The van der Waals surface area contributed by atoms with E-state index < -0.39 is 29.0 Å². The number of hydrogen-bond acceptors (Lipinski definition) is 9. The summed E-state index contributed by atoms with van der Waals surface area (Å²) in [5.74, 6) is 1.67. The predicted octanol–water partition coefficient (Wildman–Crippen LogP) is 5.27. The van der Waals surface area contributed by atoms with Gasteiger partial charge in [0.05, 0.1) is 35.0 Å². The molecule has 3 rings (SSSR count). The van der Waals surface area contributed by atoms with Gasteiger partial charge in [-0.05, 0) is 37.3 Å². The molecule has 7 nitrogen and oxygen atoms in total. The highest BCUT2D eigenvalue weighted by Gasteiger charge is 2.36. The molecule has 3 unspecified atom stereocenters. The Morgan fingerprint density at radius 3 is 2.49 bits per heavy atom. The van der Waals surface area contributed by atoms with Crippen LogP contribution < -0.4 is 11.6 Å². The van der Waals surface area contributed by atoms with Gasteiger partial charge in [0.2, 0.25) is 0 Å². The molecule has 0 bridgehead atoms. The molecule has 1 fully saturated rings. The molecule has 0 radical (unpaired) electrons. The zero-order chi connectivity index (χ0) is 25.7. The molecule has 0 aromatic heterocycles. The first-order chi connectivity index (χ1) is 16.6. The molecule has 1 saturated heterocycles. The zero-order valence-electron chi connectivity index (χ0n) is 18.2. The summed E-state index contributed by atoms with van der Waals surface area (Å²) in [4.78, 5) is 0.713. The quantitative estimate of drug-likeness (QED) is 0.0830. The number of thioether (sulfide) groups is 1. The summed E-state index contributed by atoms with van der Waals surface area (Å²) in [5.41, 5.74) is 4.96. The van der Waals surface area contributed by atoms with E-state index in [1.54, 1.807) is 18.2 Å². The molecular weight excluding hydrogens is 550 g/mol. The van der Waals surface area contributed by atoms with Crippen LogP contribution in [-0.2, 0) is 13.7 Å². The molecule has 192 valence electrons. The van der Waals surface area contributed by atoms with Gasteiger partial charge in [0, 0.05) is 16.7 Å². The van der Waals surface area contributed by atoms with Gasteiger partial charge in [-0.2, -0.15) is 0 Å². The van der Waals surface area contributed by atoms with Crippen molar-refractivity contribution in [3.63, 3.8) is 0 Å². The molecule has 2 aromatic carbocycles. The van der Waals surface area contributed by atoms with Crippen LogP contribution in [0.3, 0.4) is 0 Å². The Balaban J connectivity index is 1.80. The van der Waals surface area contributed by atoms with Crippen LogP contribution >= 0.6 is 47.3 Å². The van der Waals surface area contributed by atoms with Gasteiger partial charge in [-0.3, -0.25) is 4.18 Å². The van der Waals surface area contributed by atoms with Gasteiger partial charge in [0.25, 0.3) is 0 Å². The lowest BCUT2D eigenvalue weighted by atomic mass is 10.1. The van der Waals surface area contributed by atoms with Gasteiger partial charge in [0.1, 0.15) is 17.6 Å². The highest BCUT2D eigenvalue weighted by molar-refractivity contribution is 7.99. The molecule has 0 saturated carbocycles. The number of halogens is 5. The minimum Gasteiger partial charge on any atom is -0.397 e. The Hall–Kier alpha value is -1.35. The third kappa shape index (κ3) is 7.57. The number of ether oxygens (including phenoxy) is 2. The van der Waals surface area contributed by atoms with E-state index in [4.69, 9.17) is 48.4 Å². The average molecular weight is 572 g/mol. The molecule has 1 heterocycles. The van der Waals surface area contributed by atoms with E-state index in [1.807, 2.05) is 6.92 Å². The van der Waals surface area contributed by atoms with Crippen molar-refractivity contribution in [3.8, 4) is 0 Å². The van der Waals surface area contributed by atoms with Crippen molar-refractivity contribution in [2.75, 3.05) is 13.2 Å². The maximum absolute atomic E-state index is 13.6. The summed E-state index contributed by atoms with van der Waals surface area (Å²) in [6.45, 7) is 2.16. The third-order valence-electron chi connectivity index (χ3n) is 4.98. The predicted molar refractivity (Wildman–Crippen MR) is 131 cm³/mol. The monoisotopic (exact) mass is 571 g/mol. The maximum atomic E-state index is 13.6. The van der Waals surface area contributed by atoms with Crippen molar-refractivity contribution in [2.24, 2.45) is 11.6 Å². The second-order valence-electron chi connectivity index (χ2n) is 7.52. The van der Waals surface area contributed by atoms with Crippen molar-refractivity contribution in [2.45, 2.75) is 35.6 Å². The molecule has 4 atom stereocenters. The molecular formula is C21H22Cl2F3N3O4S2. The van der Waals surface area contributed by atoms with Crippen LogP contribution in [0.5, 0.6) is 0 Å². The Labute approximate surface area is 218 Å². The molecule has 1 aliphatic rings. The van der Waals surface area contributed by atoms with E-state index in [9.17, 15) is 17.7 Å². The molecule has 14 heteroatoms. The average Bonchev–Trinajstić information content (AvgIpc) is 2.80. The van der Waals surface area contributed by atoms with Gasteiger partial charge < -0.3 is 24.8 Å². The third-order valence-corrected chi connectivity index (χ3v) is 7.23. The molecule has 1 aliphatic heterocycles. The number of nitrogens with two attached hydrogens (primary N) is 2. The van der Waals surface area contributed by atoms with Gasteiger partial charge in [0.15, 0.2) is 29.8 Å². The summed E-state index contributed by atoms with van der Waals surface area (Å²) in [6.07, 6.45) is -0.0299. The SMILES string of the molecule is CC1OCC1OC(Sc1ccc(Cl)c(Cl)c1)[C@H](CN(N)/C=C(\N)c1cc(F)c(F)c(F)c1)OSO. The fraction of sp³-hybridized carbons (Fsp3) is 0.333. The topological polar surface area (TPSA) is 103 Å². The number of hydrazine groups is 1. The highest BCUT2D eigenvalue weighted by atomic mass is 35.5. The fourth-order valence-corrected chi connectivity index (χ4v) is 4.82. The van der Waals surface area contributed by atoms with E-state index >= 15 is 0 Å². The lowest BCUT2D eigenvalue weighted by Crippen LogP contribution is -2.50. The Morgan fingerprint density at radius 1 is 1.26 bits per heavy atom. The number of hydrogen-bond donors (Lipinski definition) is 3. The van der Waals surface area contributed by atoms with Crippen molar-refractivity contribution >= 4 is 53.0 Å². The Bertz CT molecular complexity index is 1050. The van der Waals surface area contributed by atoms with Crippen LogP contribution in [-0.4, -0.2) is 46.5 Å². The van der Waals surface area contributed by atoms with Crippen molar-refractivity contribution in [3.05, 3.63) is 69.6 Å². The molecule has 0 spiro atoms. The first-order valence-electron chi connectivity index (χ1n) is 10.1. The summed E-state index contributed by atoms with van der Waals surface area (Å²) >= 11 is 13.5. The van der Waals surface area contributed by atoms with Crippen molar-refractivity contribution in [1.29, 1.82) is 0 Å². The Morgan fingerprint density at radius 2 is 1.94 bits per heavy atom. The van der Waals surface area contributed by atoms with Crippen molar-refractivity contribution in [1.82, 2.24) is 5.01 Å². The van der Waals surface area contributed by atoms with E-state index in [1.165, 1.54) is 18.0 Å². The second kappa shape index (κ2) is 12.7. The smallest absolute Gasteiger partial charge is 0.194 e. The lowest BCUT2D eigenvalue weighted by Gasteiger charge is -2.38. The van der Waals surface area contributed by atoms with Gasteiger partial charge in [-0.25, -0.2) is 19.0 Å². The molecule has 35 heavy (non-hydrogen) atoms. The second-order valence-corrected chi connectivity index (χ2v) is 9.85. The lowest BCUT2D eigenvalue weighted by molar-refractivity contribution is -0.194. The van der Waals surface area contributed by atoms with E-state index in [-0.39, 0.29) is 42.3 Å². The first kappa shape index (κ1) is 28.2. The normalized spacial score (nSPS) is 19.8. The van der Waals surface area contributed by atoms with E-state index in [0.717, 1.165) is 17.1 Å². The highest BCUT2D eigenvalue weighted by Crippen LogP contribution is 2.35. The fourth-order valence-electron chi connectivity index (χ4n) is 3.02. The molecule has 2 aromatic rings. The Kier molecular flexibility index (Phi) is 10.3. The summed E-state index contributed by atoms with van der Waals surface area (Å²) in [6, 6.07) is 6.54. The number of rotatable bonds is 11. The van der Waals surface area contributed by atoms with E-state index in [2.05, 4.69) is 0 Å². The number of benzene rings is 2. The van der Waals surface area contributed by atoms with E-state index in [0.29, 0.717) is 21.5 Å². The minimum atomic E-state index is -1.60. The molecule has 0 amide bonds. The van der Waals surface area contributed by atoms with Crippen LogP contribution in [0.1, 0.15) is 12.5 Å². The maximum Gasteiger partial charge on any atom is 0.194 e. The minimum absolute atomic E-state index is 0.0681. The van der Waals surface area contributed by atoms with Crippen LogP contribution in [0.25, 0.3) is 5.70 Å². The molecule has 0 aliphatic carbocycles. The zero-order valence-corrected chi connectivity index (χ0v) is 21.3. The summed E-state index contributed by atoms with van der Waals surface area (Å²) in [5, 5.41) is 1.83. The largest absolute Gasteiger partial charge is 0.397 e. The van der Waals surface area contributed by atoms with Crippen LogP contribution in [0.15, 0.2) is 41.4 Å².